The molecular formula is C16H16ClFN2O. The minimum Gasteiger partial charge on any atom is -0.493 e. The Bertz CT molecular complexity index is 650. The summed E-state index contributed by atoms with van der Waals surface area (Å²) in [6, 6.07) is 12.3. The molecule has 3 rings (SSSR count). The standard InChI is InChI=1S/C16H16ClFN2O/c17-14-8-11(18)6-5-10(14)7-15(20-19)13-9-21-16-4-2-1-3-12(13)16/h1-6,8,13,15,20H,7,9,19H2. The van der Waals surface area contributed by atoms with Gasteiger partial charge in [0, 0.05) is 22.5 Å². The fraction of sp³-hybridized carbons (Fsp3) is 0.250. The van der Waals surface area contributed by atoms with Gasteiger partial charge in [-0.1, -0.05) is 35.9 Å². The second-order valence-electron chi connectivity index (χ2n) is 5.17. The lowest BCUT2D eigenvalue weighted by molar-refractivity contribution is 0.297. The van der Waals surface area contributed by atoms with Crippen molar-refractivity contribution in [2.45, 2.75) is 18.4 Å². The average Bonchev–Trinajstić information content (AvgIpc) is 2.91. The predicted octanol–water partition coefficient (Wildman–Crippen LogP) is 3.03. The smallest absolute Gasteiger partial charge is 0.124 e. The van der Waals surface area contributed by atoms with E-state index in [-0.39, 0.29) is 17.8 Å². The topological polar surface area (TPSA) is 47.3 Å². The van der Waals surface area contributed by atoms with E-state index in [4.69, 9.17) is 22.2 Å². The zero-order chi connectivity index (χ0) is 14.8. The van der Waals surface area contributed by atoms with Gasteiger partial charge >= 0.3 is 0 Å². The van der Waals surface area contributed by atoms with Gasteiger partial charge in [0.25, 0.3) is 0 Å². The molecule has 0 aromatic heterocycles. The number of nitrogens with two attached hydrogens (primary N) is 1. The number of fused-ring (bicyclic) bond motifs is 1. The highest BCUT2D eigenvalue weighted by Gasteiger charge is 2.31. The van der Waals surface area contributed by atoms with Crippen LogP contribution >= 0.6 is 11.6 Å². The molecule has 0 amide bonds. The molecule has 2 aromatic carbocycles. The van der Waals surface area contributed by atoms with Crippen LogP contribution in [0.25, 0.3) is 0 Å². The molecule has 3 nitrogen and oxygen atoms in total. The fourth-order valence-corrected chi connectivity index (χ4v) is 3.01. The lowest BCUT2D eigenvalue weighted by Crippen LogP contribution is -2.42. The first-order valence-electron chi connectivity index (χ1n) is 6.81. The van der Waals surface area contributed by atoms with Crippen molar-refractivity contribution in [2.75, 3.05) is 6.61 Å². The van der Waals surface area contributed by atoms with Crippen LogP contribution < -0.4 is 16.0 Å². The van der Waals surface area contributed by atoms with Gasteiger partial charge in [-0.25, -0.2) is 4.39 Å². The maximum Gasteiger partial charge on any atom is 0.124 e. The maximum absolute atomic E-state index is 13.1. The molecule has 2 aromatic rings. The molecule has 0 bridgehead atoms. The second-order valence-corrected chi connectivity index (χ2v) is 5.58. The van der Waals surface area contributed by atoms with Crippen LogP contribution in [-0.2, 0) is 6.42 Å². The van der Waals surface area contributed by atoms with Gasteiger partial charge in [-0.3, -0.25) is 11.3 Å². The Hall–Kier alpha value is -1.62. The fourth-order valence-electron chi connectivity index (χ4n) is 2.76. The average molecular weight is 307 g/mol. The zero-order valence-corrected chi connectivity index (χ0v) is 12.1. The highest BCUT2D eigenvalue weighted by atomic mass is 35.5. The number of para-hydroxylation sites is 1. The minimum atomic E-state index is -0.337. The number of nitrogens with one attached hydrogen (secondary N) is 1. The molecule has 5 heteroatoms. The summed E-state index contributed by atoms with van der Waals surface area (Å²) >= 11 is 6.10. The molecule has 2 unspecified atom stereocenters. The van der Waals surface area contributed by atoms with Crippen molar-refractivity contribution < 1.29 is 9.13 Å². The normalized spacial score (nSPS) is 18.1. The Kier molecular flexibility index (Phi) is 4.10. The Morgan fingerprint density at radius 2 is 2.14 bits per heavy atom. The van der Waals surface area contributed by atoms with Gasteiger partial charge in [0.15, 0.2) is 0 Å². The quantitative estimate of drug-likeness (QED) is 0.674. The van der Waals surface area contributed by atoms with Crippen molar-refractivity contribution in [2.24, 2.45) is 5.84 Å². The summed E-state index contributed by atoms with van der Waals surface area (Å²) < 4.78 is 18.8. The third kappa shape index (κ3) is 2.88. The highest BCUT2D eigenvalue weighted by Crippen LogP contribution is 2.36. The third-order valence-electron chi connectivity index (χ3n) is 3.89. The van der Waals surface area contributed by atoms with Crippen molar-refractivity contribution in [1.82, 2.24) is 5.43 Å². The molecule has 0 aliphatic carbocycles. The van der Waals surface area contributed by atoms with Gasteiger partial charge in [-0.15, -0.1) is 0 Å². The summed E-state index contributed by atoms with van der Waals surface area (Å²) in [7, 11) is 0. The molecule has 21 heavy (non-hydrogen) atoms. The van der Waals surface area contributed by atoms with E-state index in [2.05, 4.69) is 5.43 Å². The maximum atomic E-state index is 13.1. The van der Waals surface area contributed by atoms with Gasteiger partial charge in [-0.05, 0) is 30.2 Å². The largest absolute Gasteiger partial charge is 0.493 e. The molecule has 0 fully saturated rings. The van der Waals surface area contributed by atoms with E-state index in [0.29, 0.717) is 18.1 Å². The molecule has 0 saturated heterocycles. The number of hydrogen-bond acceptors (Lipinski definition) is 3. The Balaban J connectivity index is 1.83. The molecule has 110 valence electrons. The van der Waals surface area contributed by atoms with Crippen LogP contribution in [0.1, 0.15) is 17.0 Å². The predicted molar refractivity (Wildman–Crippen MR) is 80.9 cm³/mol. The summed E-state index contributed by atoms with van der Waals surface area (Å²) in [6.07, 6.45) is 0.609. The van der Waals surface area contributed by atoms with Gasteiger partial charge in [-0.2, -0.15) is 0 Å². The third-order valence-corrected chi connectivity index (χ3v) is 4.24. The Morgan fingerprint density at radius 3 is 2.90 bits per heavy atom. The number of hydrogen-bond donors (Lipinski definition) is 2. The number of benzene rings is 2. The number of hydrazine groups is 1. The summed E-state index contributed by atoms with van der Waals surface area (Å²) in [5.74, 6) is 6.42. The molecule has 1 heterocycles. The number of halogens is 2. The van der Waals surface area contributed by atoms with Crippen LogP contribution in [0.15, 0.2) is 42.5 Å². The number of ether oxygens (including phenoxy) is 1. The zero-order valence-electron chi connectivity index (χ0n) is 11.4. The van der Waals surface area contributed by atoms with Gasteiger partial charge in [0.05, 0.1) is 6.61 Å². The van der Waals surface area contributed by atoms with E-state index in [0.717, 1.165) is 16.9 Å². The van der Waals surface area contributed by atoms with Crippen LogP contribution in [0.2, 0.25) is 5.02 Å². The summed E-state index contributed by atoms with van der Waals surface area (Å²) in [4.78, 5) is 0. The van der Waals surface area contributed by atoms with Crippen molar-refractivity contribution in [1.29, 1.82) is 0 Å². The van der Waals surface area contributed by atoms with Crippen molar-refractivity contribution in [3.63, 3.8) is 0 Å². The summed E-state index contributed by atoms with van der Waals surface area (Å²) in [5, 5.41) is 0.419. The SMILES string of the molecule is NNC(Cc1ccc(F)cc1Cl)C1COc2ccccc21. The van der Waals surface area contributed by atoms with Crippen LogP contribution in [0, 0.1) is 5.82 Å². The molecule has 2 atom stereocenters. The van der Waals surface area contributed by atoms with Crippen molar-refractivity contribution >= 4 is 11.6 Å². The Labute approximate surface area is 127 Å². The van der Waals surface area contributed by atoms with E-state index < -0.39 is 0 Å². The molecule has 1 aliphatic rings. The molecule has 1 aliphatic heterocycles. The first-order valence-corrected chi connectivity index (χ1v) is 7.18. The van der Waals surface area contributed by atoms with Gasteiger partial charge < -0.3 is 4.74 Å². The molecule has 0 saturated carbocycles. The van der Waals surface area contributed by atoms with E-state index in [1.165, 1.54) is 12.1 Å². The van der Waals surface area contributed by atoms with E-state index in [9.17, 15) is 4.39 Å². The monoisotopic (exact) mass is 306 g/mol. The van der Waals surface area contributed by atoms with E-state index in [1.807, 2.05) is 24.3 Å². The molecule has 0 radical (unpaired) electrons. The van der Waals surface area contributed by atoms with E-state index >= 15 is 0 Å². The first kappa shape index (κ1) is 14.3. The lowest BCUT2D eigenvalue weighted by atomic mass is 9.89. The first-order chi connectivity index (χ1) is 10.2. The van der Waals surface area contributed by atoms with Gasteiger partial charge in [0.2, 0.25) is 0 Å². The summed E-state index contributed by atoms with van der Waals surface area (Å²) in [6.45, 7) is 0.576. The van der Waals surface area contributed by atoms with Gasteiger partial charge in [0.1, 0.15) is 11.6 Å². The van der Waals surface area contributed by atoms with Crippen molar-refractivity contribution in [3.05, 3.63) is 64.4 Å². The molecular weight excluding hydrogens is 291 g/mol. The van der Waals surface area contributed by atoms with Crippen LogP contribution in [0.3, 0.4) is 0 Å². The van der Waals surface area contributed by atoms with E-state index in [1.54, 1.807) is 6.07 Å². The van der Waals surface area contributed by atoms with Crippen LogP contribution in [0.5, 0.6) is 5.75 Å². The highest BCUT2D eigenvalue weighted by molar-refractivity contribution is 6.31. The minimum absolute atomic E-state index is 0.0309. The summed E-state index contributed by atoms with van der Waals surface area (Å²) in [5.41, 5.74) is 4.85. The van der Waals surface area contributed by atoms with Crippen LogP contribution in [-0.4, -0.2) is 12.6 Å². The molecule has 0 spiro atoms. The lowest BCUT2D eigenvalue weighted by Gasteiger charge is -2.22. The number of rotatable bonds is 4. The second kappa shape index (κ2) is 6.02. The Morgan fingerprint density at radius 1 is 1.33 bits per heavy atom. The van der Waals surface area contributed by atoms with Crippen molar-refractivity contribution in [3.8, 4) is 5.75 Å². The molecule has 3 N–H and O–H groups in total. The van der Waals surface area contributed by atoms with Crippen LogP contribution in [0.4, 0.5) is 4.39 Å².